The van der Waals surface area contributed by atoms with Crippen molar-refractivity contribution in [3.8, 4) is 5.69 Å². The van der Waals surface area contributed by atoms with Gasteiger partial charge in [-0.25, -0.2) is 4.79 Å². The predicted octanol–water partition coefficient (Wildman–Crippen LogP) is 6.59. The Morgan fingerprint density at radius 3 is 2.38 bits per heavy atom. The zero-order valence-corrected chi connectivity index (χ0v) is 19.6. The summed E-state index contributed by atoms with van der Waals surface area (Å²) >= 11 is 12.0. The lowest BCUT2D eigenvalue weighted by Gasteiger charge is -2.32. The Balaban J connectivity index is 1.25. The molecule has 2 amide bonds. The van der Waals surface area contributed by atoms with E-state index in [1.807, 2.05) is 23.0 Å². The first-order chi connectivity index (χ1) is 16.2. The Morgan fingerprint density at radius 1 is 1.03 bits per heavy atom. The van der Waals surface area contributed by atoms with E-state index in [2.05, 4.69) is 15.5 Å². The van der Waals surface area contributed by atoms with Crippen molar-refractivity contribution < 1.29 is 18.0 Å². The van der Waals surface area contributed by atoms with Crippen LogP contribution in [0.3, 0.4) is 0 Å². The number of halogens is 5. The lowest BCUT2D eigenvalue weighted by molar-refractivity contribution is -0.137. The molecule has 0 atom stereocenters. The molecule has 0 radical (unpaired) electrons. The minimum Gasteiger partial charge on any atom is -0.335 e. The zero-order chi connectivity index (χ0) is 24.3. The number of hydrogen-bond acceptors (Lipinski definition) is 2. The first kappa shape index (κ1) is 24.4. The van der Waals surface area contributed by atoms with Crippen molar-refractivity contribution in [3.63, 3.8) is 0 Å². The molecule has 1 fully saturated rings. The van der Waals surface area contributed by atoms with Crippen molar-refractivity contribution in [2.75, 3.05) is 18.4 Å². The third-order valence-corrected chi connectivity index (χ3v) is 6.30. The number of nitrogens with one attached hydrogen (secondary N) is 2. The molecule has 34 heavy (non-hydrogen) atoms. The molecule has 2 aromatic carbocycles. The maximum absolute atomic E-state index is 12.8. The molecule has 0 unspecified atom stereocenters. The molecule has 0 bridgehead atoms. The topological polar surface area (TPSA) is 49.3 Å². The summed E-state index contributed by atoms with van der Waals surface area (Å²) in [6.45, 7) is 2.36. The molecule has 2 heterocycles. The van der Waals surface area contributed by atoms with Crippen LogP contribution in [0.1, 0.15) is 24.0 Å². The quantitative estimate of drug-likeness (QED) is 0.406. The second-order valence-electron chi connectivity index (χ2n) is 8.24. The number of piperidine rings is 1. The molecule has 2 N–H and O–H groups in total. The van der Waals surface area contributed by atoms with E-state index in [9.17, 15) is 18.0 Å². The number of urea groups is 1. The first-order valence-electron chi connectivity index (χ1n) is 10.8. The Morgan fingerprint density at radius 2 is 1.74 bits per heavy atom. The van der Waals surface area contributed by atoms with E-state index in [0.717, 1.165) is 50.2 Å². The molecule has 5 nitrogen and oxygen atoms in total. The van der Waals surface area contributed by atoms with Crippen molar-refractivity contribution in [2.24, 2.45) is 0 Å². The number of rotatable bonds is 5. The maximum Gasteiger partial charge on any atom is 0.416 e. The third-order valence-electron chi connectivity index (χ3n) is 5.76. The van der Waals surface area contributed by atoms with E-state index in [-0.39, 0.29) is 12.1 Å². The Hall–Kier alpha value is -2.68. The number of benzene rings is 2. The highest BCUT2D eigenvalue weighted by molar-refractivity contribution is 6.36. The van der Waals surface area contributed by atoms with E-state index in [0.29, 0.717) is 21.4 Å². The van der Waals surface area contributed by atoms with Gasteiger partial charge in [0, 0.05) is 48.8 Å². The van der Waals surface area contributed by atoms with Crippen LogP contribution in [-0.2, 0) is 12.7 Å². The lowest BCUT2D eigenvalue weighted by Crippen LogP contribution is -2.45. The van der Waals surface area contributed by atoms with Gasteiger partial charge in [-0.05, 0) is 66.9 Å². The summed E-state index contributed by atoms with van der Waals surface area (Å²) in [6.07, 6.45) is 1.04. The fraction of sp³-hybridized carbons (Fsp3) is 0.292. The largest absolute Gasteiger partial charge is 0.416 e. The van der Waals surface area contributed by atoms with Crippen LogP contribution in [0.2, 0.25) is 10.0 Å². The molecular formula is C24H23Cl2F3N4O. The average molecular weight is 511 g/mol. The smallest absolute Gasteiger partial charge is 0.335 e. The van der Waals surface area contributed by atoms with Crippen molar-refractivity contribution in [2.45, 2.75) is 31.6 Å². The minimum absolute atomic E-state index is 0.0547. The van der Waals surface area contributed by atoms with Crippen LogP contribution in [0.5, 0.6) is 0 Å². The lowest BCUT2D eigenvalue weighted by atomic mass is 10.0. The molecule has 1 aliphatic rings. The van der Waals surface area contributed by atoms with E-state index in [4.69, 9.17) is 23.2 Å². The monoisotopic (exact) mass is 510 g/mol. The molecule has 0 saturated carbocycles. The summed E-state index contributed by atoms with van der Waals surface area (Å²) in [6, 6.07) is 11.7. The Kier molecular flexibility index (Phi) is 7.40. The van der Waals surface area contributed by atoms with Crippen LogP contribution in [0.4, 0.5) is 23.7 Å². The standard InChI is InChI=1S/C24H23Cl2F3N4O/c25-18-3-6-22(21(26)13-18)31-23(34)30-19-8-10-32(11-9-19)14-16-7-12-33(15-16)20-4-1-17(2-5-20)24(27,28)29/h1-7,12-13,15,19H,8-11,14H2,(H2,30,31,34). The Bertz CT molecular complexity index is 1140. The predicted molar refractivity (Wildman–Crippen MR) is 128 cm³/mol. The normalized spacial score (nSPS) is 15.3. The van der Waals surface area contributed by atoms with Crippen LogP contribution in [0, 0.1) is 0 Å². The molecule has 180 valence electrons. The number of amides is 2. The SMILES string of the molecule is O=C(Nc1ccc(Cl)cc1Cl)NC1CCN(Cc2ccn(-c3ccc(C(F)(F)F)cc3)c2)CC1. The van der Waals surface area contributed by atoms with Crippen LogP contribution < -0.4 is 10.6 Å². The molecule has 4 rings (SSSR count). The zero-order valence-electron chi connectivity index (χ0n) is 18.1. The van der Waals surface area contributed by atoms with Gasteiger partial charge in [-0.15, -0.1) is 0 Å². The summed E-state index contributed by atoms with van der Waals surface area (Å²) in [5.41, 5.74) is 1.58. The fourth-order valence-electron chi connectivity index (χ4n) is 3.95. The second kappa shape index (κ2) is 10.3. The third kappa shape index (κ3) is 6.25. The van der Waals surface area contributed by atoms with Crippen LogP contribution >= 0.6 is 23.2 Å². The molecule has 0 aliphatic carbocycles. The summed E-state index contributed by atoms with van der Waals surface area (Å²) in [4.78, 5) is 14.6. The summed E-state index contributed by atoms with van der Waals surface area (Å²) in [5, 5.41) is 6.60. The van der Waals surface area contributed by atoms with Crippen molar-refractivity contribution in [1.29, 1.82) is 0 Å². The number of carbonyl (C=O) groups is 1. The number of hydrogen-bond donors (Lipinski definition) is 2. The molecule has 1 aromatic heterocycles. The maximum atomic E-state index is 12.8. The van der Waals surface area contributed by atoms with Crippen molar-refractivity contribution in [3.05, 3.63) is 82.1 Å². The van der Waals surface area contributed by atoms with Gasteiger partial charge in [0.1, 0.15) is 0 Å². The molecule has 1 saturated heterocycles. The van der Waals surface area contributed by atoms with E-state index < -0.39 is 11.7 Å². The second-order valence-corrected chi connectivity index (χ2v) is 9.09. The Labute approximate surface area is 205 Å². The molecule has 3 aromatic rings. The number of carbonyl (C=O) groups excluding carboxylic acids is 1. The average Bonchev–Trinajstić information content (AvgIpc) is 3.25. The summed E-state index contributed by atoms with van der Waals surface area (Å²) in [7, 11) is 0. The van der Waals surface area contributed by atoms with E-state index in [1.165, 1.54) is 12.1 Å². The van der Waals surface area contributed by atoms with Gasteiger partial charge in [-0.1, -0.05) is 23.2 Å². The number of alkyl halides is 3. The van der Waals surface area contributed by atoms with E-state index in [1.54, 1.807) is 18.2 Å². The van der Waals surface area contributed by atoms with Gasteiger partial charge in [-0.3, -0.25) is 4.90 Å². The molecule has 0 spiro atoms. The van der Waals surface area contributed by atoms with Crippen LogP contribution in [-0.4, -0.2) is 34.6 Å². The van der Waals surface area contributed by atoms with Gasteiger partial charge >= 0.3 is 12.2 Å². The van der Waals surface area contributed by atoms with Gasteiger partial charge < -0.3 is 15.2 Å². The number of nitrogens with zero attached hydrogens (tertiary/aromatic N) is 2. The molecular weight excluding hydrogens is 488 g/mol. The van der Waals surface area contributed by atoms with Gasteiger partial charge in [0.15, 0.2) is 0 Å². The minimum atomic E-state index is -4.34. The fourth-order valence-corrected chi connectivity index (χ4v) is 4.40. The van der Waals surface area contributed by atoms with E-state index >= 15 is 0 Å². The van der Waals surface area contributed by atoms with Crippen molar-refractivity contribution >= 4 is 34.9 Å². The van der Waals surface area contributed by atoms with Gasteiger partial charge in [0.05, 0.1) is 16.3 Å². The number of aromatic nitrogens is 1. The molecule has 10 heteroatoms. The van der Waals surface area contributed by atoms with Crippen LogP contribution in [0.25, 0.3) is 5.69 Å². The van der Waals surface area contributed by atoms with Crippen LogP contribution in [0.15, 0.2) is 60.9 Å². The first-order valence-corrected chi connectivity index (χ1v) is 11.5. The number of anilines is 1. The highest BCUT2D eigenvalue weighted by Crippen LogP contribution is 2.30. The van der Waals surface area contributed by atoms with Crippen molar-refractivity contribution in [1.82, 2.24) is 14.8 Å². The van der Waals surface area contributed by atoms with Gasteiger partial charge in [0.2, 0.25) is 0 Å². The summed E-state index contributed by atoms with van der Waals surface area (Å²) in [5.74, 6) is 0. The number of likely N-dealkylation sites (tertiary alicyclic amines) is 1. The van der Waals surface area contributed by atoms with Gasteiger partial charge in [-0.2, -0.15) is 13.2 Å². The highest BCUT2D eigenvalue weighted by Gasteiger charge is 2.30. The molecule has 1 aliphatic heterocycles. The summed E-state index contributed by atoms with van der Waals surface area (Å²) < 4.78 is 40.1. The van der Waals surface area contributed by atoms with Gasteiger partial charge in [0.25, 0.3) is 0 Å². The highest BCUT2D eigenvalue weighted by atomic mass is 35.5.